The van der Waals surface area contributed by atoms with Crippen LogP contribution in [0.25, 0.3) is 0 Å². The second-order valence-corrected chi connectivity index (χ2v) is 3.95. The average Bonchev–Trinajstić information content (AvgIpc) is 2.30. The minimum Gasteiger partial charge on any atom is -0.484 e. The van der Waals surface area contributed by atoms with Crippen LogP contribution in [0.5, 0.6) is 5.75 Å². The van der Waals surface area contributed by atoms with Crippen LogP contribution in [0.3, 0.4) is 0 Å². The Bertz CT molecular complexity index is 397. The van der Waals surface area contributed by atoms with Crippen LogP contribution in [0, 0.1) is 11.6 Å². The third-order valence-corrected chi connectivity index (χ3v) is 2.75. The lowest BCUT2D eigenvalue weighted by Crippen LogP contribution is -2.55. The first-order valence-corrected chi connectivity index (χ1v) is 5.53. The summed E-state index contributed by atoms with van der Waals surface area (Å²) < 4.78 is 36.8. The van der Waals surface area contributed by atoms with Gasteiger partial charge in [-0.15, -0.1) is 0 Å². The van der Waals surface area contributed by atoms with Crippen molar-refractivity contribution in [2.24, 2.45) is 0 Å². The summed E-state index contributed by atoms with van der Waals surface area (Å²) in [6.45, 7) is 2.23. The zero-order valence-corrected chi connectivity index (χ0v) is 9.40. The van der Waals surface area contributed by atoms with Crippen molar-refractivity contribution in [3.8, 4) is 5.75 Å². The van der Waals surface area contributed by atoms with Crippen molar-refractivity contribution >= 4 is 0 Å². The number of benzene rings is 1. The second-order valence-electron chi connectivity index (χ2n) is 3.95. The van der Waals surface area contributed by atoms with E-state index in [-0.39, 0.29) is 5.75 Å². The molecule has 0 bridgehead atoms. The first kappa shape index (κ1) is 12.3. The molecule has 0 aliphatic heterocycles. The Balaban J connectivity index is 2.03. The number of halogens is 2. The van der Waals surface area contributed by atoms with Crippen LogP contribution in [0.1, 0.15) is 13.3 Å². The van der Waals surface area contributed by atoms with E-state index in [1.807, 2.05) is 0 Å². The highest BCUT2D eigenvalue weighted by atomic mass is 19.1. The summed E-state index contributed by atoms with van der Waals surface area (Å²) in [6.07, 6.45) is -1.14. The van der Waals surface area contributed by atoms with Gasteiger partial charge in [0.15, 0.2) is 11.6 Å². The Labute approximate surface area is 98.0 Å². The zero-order chi connectivity index (χ0) is 12.4. The van der Waals surface area contributed by atoms with E-state index in [0.717, 1.165) is 18.2 Å². The molecule has 0 spiro atoms. The fourth-order valence-electron chi connectivity index (χ4n) is 1.81. The van der Waals surface area contributed by atoms with E-state index in [0.29, 0.717) is 13.0 Å². The summed E-state index contributed by atoms with van der Waals surface area (Å²) in [5, 5.41) is 9.44. The first-order chi connectivity index (χ1) is 8.11. The van der Waals surface area contributed by atoms with Gasteiger partial charge in [-0.25, -0.2) is 8.78 Å². The molecule has 0 saturated heterocycles. The topological polar surface area (TPSA) is 38.7 Å². The lowest BCUT2D eigenvalue weighted by atomic mass is 9.88. The number of hydrogen-bond acceptors (Lipinski definition) is 3. The van der Waals surface area contributed by atoms with Crippen LogP contribution >= 0.6 is 0 Å². The van der Waals surface area contributed by atoms with Crippen LogP contribution in [0.2, 0.25) is 0 Å². The number of aliphatic hydroxyl groups is 1. The molecule has 1 N–H and O–H groups in total. The van der Waals surface area contributed by atoms with Gasteiger partial charge in [-0.1, -0.05) is 0 Å². The highest BCUT2D eigenvalue weighted by molar-refractivity contribution is 5.25. The molecular formula is C12H14F2O3. The quantitative estimate of drug-likeness (QED) is 0.879. The fourth-order valence-corrected chi connectivity index (χ4v) is 1.81. The van der Waals surface area contributed by atoms with Gasteiger partial charge in [-0.3, -0.25) is 0 Å². The normalized spacial score (nSPS) is 27.6. The van der Waals surface area contributed by atoms with Crippen molar-refractivity contribution in [1.82, 2.24) is 0 Å². The lowest BCUT2D eigenvalue weighted by Gasteiger charge is -2.40. The van der Waals surface area contributed by atoms with Crippen molar-refractivity contribution in [2.45, 2.75) is 31.7 Å². The van der Waals surface area contributed by atoms with Crippen LogP contribution in [-0.2, 0) is 4.74 Å². The minimum atomic E-state index is -0.622. The van der Waals surface area contributed by atoms with Gasteiger partial charge in [0.05, 0.1) is 6.10 Å². The van der Waals surface area contributed by atoms with Crippen molar-refractivity contribution in [3.63, 3.8) is 0 Å². The van der Waals surface area contributed by atoms with Gasteiger partial charge in [0.25, 0.3) is 0 Å². The van der Waals surface area contributed by atoms with Crippen molar-refractivity contribution < 1.29 is 23.4 Å². The molecule has 3 unspecified atom stereocenters. The smallest absolute Gasteiger partial charge is 0.165 e. The maximum Gasteiger partial charge on any atom is 0.165 e. The molecular weight excluding hydrogens is 230 g/mol. The van der Waals surface area contributed by atoms with Crippen LogP contribution < -0.4 is 4.74 Å². The first-order valence-electron chi connectivity index (χ1n) is 5.53. The van der Waals surface area contributed by atoms with Crippen LogP contribution in [0.15, 0.2) is 18.2 Å². The molecule has 3 atom stereocenters. The second kappa shape index (κ2) is 4.98. The molecule has 17 heavy (non-hydrogen) atoms. The van der Waals surface area contributed by atoms with E-state index in [2.05, 4.69) is 0 Å². The van der Waals surface area contributed by atoms with E-state index in [1.54, 1.807) is 6.92 Å². The summed E-state index contributed by atoms with van der Waals surface area (Å²) in [5.41, 5.74) is 0. The average molecular weight is 244 g/mol. The number of ether oxygens (including phenoxy) is 2. The highest BCUT2D eigenvalue weighted by Gasteiger charge is 2.43. The highest BCUT2D eigenvalue weighted by Crippen LogP contribution is 2.30. The van der Waals surface area contributed by atoms with E-state index in [1.165, 1.54) is 0 Å². The van der Waals surface area contributed by atoms with Crippen LogP contribution in [-0.4, -0.2) is 30.0 Å². The van der Waals surface area contributed by atoms with Crippen molar-refractivity contribution in [2.75, 3.05) is 6.61 Å². The minimum absolute atomic E-state index is 0.147. The Morgan fingerprint density at radius 1 is 1.41 bits per heavy atom. The molecule has 2 rings (SSSR count). The molecule has 0 heterocycles. The Morgan fingerprint density at radius 2 is 2.18 bits per heavy atom. The lowest BCUT2D eigenvalue weighted by molar-refractivity contribution is -0.161. The maximum absolute atomic E-state index is 13.3. The van der Waals surface area contributed by atoms with Crippen LogP contribution in [0.4, 0.5) is 8.78 Å². The molecule has 0 radical (unpaired) electrons. The number of aliphatic hydroxyl groups excluding tert-OH is 1. The number of hydrogen-bond donors (Lipinski definition) is 1. The molecule has 94 valence electrons. The van der Waals surface area contributed by atoms with Gasteiger partial charge in [0.2, 0.25) is 0 Å². The summed E-state index contributed by atoms with van der Waals surface area (Å²) in [6, 6.07) is 3.02. The summed E-state index contributed by atoms with van der Waals surface area (Å²) in [7, 11) is 0. The third-order valence-electron chi connectivity index (χ3n) is 2.75. The van der Waals surface area contributed by atoms with E-state index < -0.39 is 29.9 Å². The van der Waals surface area contributed by atoms with Gasteiger partial charge in [-0.2, -0.15) is 0 Å². The summed E-state index contributed by atoms with van der Waals surface area (Å²) in [4.78, 5) is 0. The molecule has 1 fully saturated rings. The molecule has 5 heteroatoms. The maximum atomic E-state index is 13.3. The molecule has 1 aromatic rings. The standard InChI is InChI=1S/C12H14F2O3/c1-2-16-12-9(15)6-11(12)17-10-5-7(13)3-4-8(10)14/h3-5,9,11-12,15H,2,6H2,1H3. The van der Waals surface area contributed by atoms with Gasteiger partial charge in [-0.05, 0) is 19.1 Å². The number of rotatable bonds is 4. The monoisotopic (exact) mass is 244 g/mol. The predicted molar refractivity (Wildman–Crippen MR) is 56.8 cm³/mol. The fraction of sp³-hybridized carbons (Fsp3) is 0.500. The SMILES string of the molecule is CCOC1C(O)CC1Oc1cc(F)ccc1F. The molecule has 1 aliphatic carbocycles. The van der Waals surface area contributed by atoms with Crippen molar-refractivity contribution in [1.29, 1.82) is 0 Å². The van der Waals surface area contributed by atoms with E-state index >= 15 is 0 Å². The summed E-state index contributed by atoms with van der Waals surface area (Å²) >= 11 is 0. The summed E-state index contributed by atoms with van der Waals surface area (Å²) in [5.74, 6) is -1.33. The van der Waals surface area contributed by atoms with Gasteiger partial charge in [0, 0.05) is 19.1 Å². The van der Waals surface area contributed by atoms with E-state index in [4.69, 9.17) is 9.47 Å². The van der Waals surface area contributed by atoms with Gasteiger partial charge >= 0.3 is 0 Å². The molecule has 0 amide bonds. The predicted octanol–water partition coefficient (Wildman–Crippen LogP) is 1.88. The van der Waals surface area contributed by atoms with Gasteiger partial charge < -0.3 is 14.6 Å². The Morgan fingerprint density at radius 3 is 2.82 bits per heavy atom. The molecule has 0 aromatic heterocycles. The largest absolute Gasteiger partial charge is 0.484 e. The Kier molecular flexibility index (Phi) is 3.59. The molecule has 3 nitrogen and oxygen atoms in total. The van der Waals surface area contributed by atoms with E-state index in [9.17, 15) is 13.9 Å². The zero-order valence-electron chi connectivity index (χ0n) is 9.40. The Hall–Kier alpha value is -1.20. The molecule has 1 saturated carbocycles. The van der Waals surface area contributed by atoms with Crippen molar-refractivity contribution in [3.05, 3.63) is 29.8 Å². The van der Waals surface area contributed by atoms with Gasteiger partial charge in [0.1, 0.15) is 18.0 Å². The third kappa shape index (κ3) is 2.56. The molecule has 1 aliphatic rings. The molecule has 1 aromatic carbocycles.